The monoisotopic (exact) mass is 547 g/mol. The fourth-order valence-electron chi connectivity index (χ4n) is 3.77. The van der Waals surface area contributed by atoms with Gasteiger partial charge in [-0.05, 0) is 51.1 Å². The summed E-state index contributed by atoms with van der Waals surface area (Å²) in [6, 6.07) is 7.66. The van der Waals surface area contributed by atoms with E-state index in [-0.39, 0.29) is 23.2 Å². The number of ether oxygens (including phenoxy) is 1. The molecule has 0 radical (unpaired) electrons. The number of rotatable bonds is 7. The zero-order chi connectivity index (χ0) is 27.7. The maximum Gasteiger partial charge on any atom is 0.416 e. The summed E-state index contributed by atoms with van der Waals surface area (Å²) in [4.78, 5) is 25.5. The third kappa shape index (κ3) is 6.08. The first-order valence-electron chi connectivity index (χ1n) is 11.4. The van der Waals surface area contributed by atoms with Crippen LogP contribution in [0.25, 0.3) is 11.0 Å². The second kappa shape index (κ2) is 10.4. The van der Waals surface area contributed by atoms with Crippen molar-refractivity contribution in [2.75, 3.05) is 11.9 Å². The Morgan fingerprint density at radius 2 is 1.92 bits per heavy atom. The third-order valence-corrected chi connectivity index (χ3v) is 5.86. The number of amides is 1. The molecule has 13 heteroatoms. The second-order valence-corrected chi connectivity index (χ2v) is 9.72. The predicted molar refractivity (Wildman–Crippen MR) is 133 cm³/mol. The van der Waals surface area contributed by atoms with Gasteiger partial charge in [0.2, 0.25) is 5.88 Å². The highest BCUT2D eigenvalue weighted by molar-refractivity contribution is 6.32. The van der Waals surface area contributed by atoms with Gasteiger partial charge < -0.3 is 29.4 Å². The van der Waals surface area contributed by atoms with Gasteiger partial charge >= 0.3 is 6.18 Å². The smallest absolute Gasteiger partial charge is 0.416 e. The van der Waals surface area contributed by atoms with Crippen molar-refractivity contribution in [2.45, 2.75) is 39.0 Å². The van der Waals surface area contributed by atoms with Crippen molar-refractivity contribution >= 4 is 40.2 Å². The molecule has 0 bridgehead atoms. The van der Waals surface area contributed by atoms with Gasteiger partial charge in [0.25, 0.3) is 0 Å². The number of carboxylic acid groups (broad SMARTS) is 1. The highest BCUT2D eigenvalue weighted by atomic mass is 35.5. The Balaban J connectivity index is 1.55. The van der Waals surface area contributed by atoms with Crippen molar-refractivity contribution < 1.29 is 27.8 Å². The SMILES string of the molecule is CC(C)(C)N(CCn1ccc2ncnc(Nc3cnc(Oc4cccc(C(F)(F)F)c4)c(Cl)c3)c21)C(=O)[O-]. The predicted octanol–water partition coefficient (Wildman–Crippen LogP) is 5.48. The van der Waals surface area contributed by atoms with E-state index in [0.29, 0.717) is 29.1 Å². The van der Waals surface area contributed by atoms with Gasteiger partial charge in [-0.25, -0.2) is 15.0 Å². The van der Waals surface area contributed by atoms with Crippen molar-refractivity contribution in [3.8, 4) is 11.6 Å². The van der Waals surface area contributed by atoms with Gasteiger partial charge in [-0.2, -0.15) is 13.2 Å². The Morgan fingerprint density at radius 1 is 1.16 bits per heavy atom. The van der Waals surface area contributed by atoms with Crippen LogP contribution in [0.5, 0.6) is 11.6 Å². The van der Waals surface area contributed by atoms with Crippen LogP contribution in [0, 0.1) is 0 Å². The molecule has 3 heterocycles. The van der Waals surface area contributed by atoms with Crippen LogP contribution >= 0.6 is 11.6 Å². The van der Waals surface area contributed by atoms with Crippen LogP contribution in [0.15, 0.2) is 55.1 Å². The fraction of sp³-hybridized carbons (Fsp3) is 0.280. The van der Waals surface area contributed by atoms with Crippen molar-refractivity contribution in [3.63, 3.8) is 0 Å². The zero-order valence-electron chi connectivity index (χ0n) is 20.6. The number of benzene rings is 1. The van der Waals surface area contributed by atoms with E-state index < -0.39 is 23.4 Å². The van der Waals surface area contributed by atoms with Gasteiger partial charge in [-0.3, -0.25) is 0 Å². The van der Waals surface area contributed by atoms with Gasteiger partial charge in [0.15, 0.2) is 5.82 Å². The van der Waals surface area contributed by atoms with Crippen LogP contribution in [-0.4, -0.2) is 42.6 Å². The lowest BCUT2D eigenvalue weighted by Gasteiger charge is -2.38. The molecule has 4 rings (SSSR count). The largest absolute Gasteiger partial charge is 0.530 e. The minimum atomic E-state index is -4.51. The van der Waals surface area contributed by atoms with E-state index in [1.165, 1.54) is 35.6 Å². The van der Waals surface area contributed by atoms with Crippen molar-refractivity contribution in [1.29, 1.82) is 0 Å². The number of hydrogen-bond acceptors (Lipinski definition) is 7. The minimum Gasteiger partial charge on any atom is -0.530 e. The summed E-state index contributed by atoms with van der Waals surface area (Å²) in [6.45, 7) is 5.84. The molecule has 0 atom stereocenters. The first-order chi connectivity index (χ1) is 17.8. The summed E-state index contributed by atoms with van der Waals surface area (Å²) in [5.74, 6) is 0.281. The fourth-order valence-corrected chi connectivity index (χ4v) is 3.98. The molecule has 0 aliphatic heterocycles. The summed E-state index contributed by atoms with van der Waals surface area (Å²) in [6.07, 6.45) is -1.24. The second-order valence-electron chi connectivity index (χ2n) is 9.32. The molecular formula is C25H23ClF3N6O3-. The van der Waals surface area contributed by atoms with Crippen LogP contribution in [0.1, 0.15) is 26.3 Å². The van der Waals surface area contributed by atoms with E-state index >= 15 is 0 Å². The lowest BCUT2D eigenvalue weighted by Crippen LogP contribution is -2.52. The Morgan fingerprint density at radius 3 is 2.58 bits per heavy atom. The molecule has 4 aromatic rings. The number of hydrogen-bond donors (Lipinski definition) is 1. The van der Waals surface area contributed by atoms with Crippen molar-refractivity contribution in [2.24, 2.45) is 0 Å². The molecule has 9 nitrogen and oxygen atoms in total. The number of anilines is 2. The standard InChI is InChI=1S/C25H24ClF3N6O3/c1-24(2,3)35(23(36)37)10-9-34-8-7-19-20(34)21(32-14-31-19)33-16-12-18(26)22(30-13-16)38-17-6-4-5-15(11-17)25(27,28)29/h4-8,11-14H,9-10H2,1-3H3,(H,36,37)(H,31,32,33)/p-1. The lowest BCUT2D eigenvalue weighted by molar-refractivity contribution is -0.270. The van der Waals surface area contributed by atoms with Gasteiger partial charge in [0.05, 0.1) is 23.0 Å². The maximum absolute atomic E-state index is 13.0. The number of carbonyl (C=O) groups is 1. The lowest BCUT2D eigenvalue weighted by atomic mass is 10.1. The molecule has 0 fully saturated rings. The molecule has 0 unspecified atom stereocenters. The number of nitrogens with zero attached hydrogens (tertiary/aromatic N) is 5. The molecule has 0 spiro atoms. The molecule has 1 aromatic carbocycles. The topological polar surface area (TPSA) is 108 Å². The molecule has 0 saturated heterocycles. The van der Waals surface area contributed by atoms with Crippen molar-refractivity contribution in [1.82, 2.24) is 24.4 Å². The van der Waals surface area contributed by atoms with E-state index in [1.54, 1.807) is 33.0 Å². The number of fused-ring (bicyclic) bond motifs is 1. The molecule has 1 amide bonds. The van der Waals surface area contributed by atoms with E-state index in [0.717, 1.165) is 12.1 Å². The summed E-state index contributed by atoms with van der Waals surface area (Å²) >= 11 is 6.31. The number of alkyl halides is 3. The van der Waals surface area contributed by atoms with E-state index in [2.05, 4.69) is 20.3 Å². The van der Waals surface area contributed by atoms with Crippen LogP contribution in [0.2, 0.25) is 5.02 Å². The summed E-state index contributed by atoms with van der Waals surface area (Å²) in [7, 11) is 0. The third-order valence-electron chi connectivity index (χ3n) is 5.59. The maximum atomic E-state index is 13.0. The number of carbonyl (C=O) groups excluding carboxylic acids is 1. The first-order valence-corrected chi connectivity index (χ1v) is 11.8. The summed E-state index contributed by atoms with van der Waals surface area (Å²) in [5.41, 5.74) is 0.192. The number of pyridine rings is 1. The average Bonchev–Trinajstić information content (AvgIpc) is 3.24. The molecular weight excluding hydrogens is 525 g/mol. The molecule has 1 N–H and O–H groups in total. The Kier molecular flexibility index (Phi) is 7.36. The molecule has 38 heavy (non-hydrogen) atoms. The molecule has 0 aliphatic rings. The molecule has 3 aromatic heterocycles. The average molecular weight is 548 g/mol. The highest BCUT2D eigenvalue weighted by Gasteiger charge is 2.30. The van der Waals surface area contributed by atoms with Gasteiger partial charge in [-0.1, -0.05) is 17.7 Å². The van der Waals surface area contributed by atoms with Gasteiger partial charge in [0, 0.05) is 24.8 Å². The van der Waals surface area contributed by atoms with Crippen LogP contribution < -0.4 is 15.2 Å². The molecule has 0 aliphatic carbocycles. The van der Waals surface area contributed by atoms with Crippen LogP contribution in [0.4, 0.5) is 29.5 Å². The molecule has 0 saturated carbocycles. The molecule has 200 valence electrons. The normalized spacial score (nSPS) is 12.0. The zero-order valence-corrected chi connectivity index (χ0v) is 21.3. The minimum absolute atomic E-state index is 0.0582. The first kappa shape index (κ1) is 27.0. The quantitative estimate of drug-likeness (QED) is 0.326. The highest BCUT2D eigenvalue weighted by Crippen LogP contribution is 2.35. The van der Waals surface area contributed by atoms with Crippen LogP contribution in [-0.2, 0) is 12.7 Å². The van der Waals surface area contributed by atoms with E-state index in [4.69, 9.17) is 16.3 Å². The Labute approximate surface area is 220 Å². The summed E-state index contributed by atoms with van der Waals surface area (Å²) in [5, 5.41) is 14.8. The Hall–Kier alpha value is -4.06. The van der Waals surface area contributed by atoms with Crippen LogP contribution in [0.3, 0.4) is 0 Å². The Bertz CT molecular complexity index is 1470. The van der Waals surface area contributed by atoms with Crippen molar-refractivity contribution in [3.05, 3.63) is 65.7 Å². The van der Waals surface area contributed by atoms with E-state index in [1.807, 2.05) is 4.57 Å². The number of halogens is 4. The number of nitrogens with one attached hydrogen (secondary N) is 1. The van der Waals surface area contributed by atoms with Gasteiger partial charge in [0.1, 0.15) is 28.7 Å². The summed E-state index contributed by atoms with van der Waals surface area (Å²) < 4.78 is 46.3. The van der Waals surface area contributed by atoms with E-state index in [9.17, 15) is 23.1 Å². The van der Waals surface area contributed by atoms with Gasteiger partial charge in [-0.15, -0.1) is 0 Å². The number of aromatic nitrogens is 4.